The van der Waals surface area contributed by atoms with Gasteiger partial charge in [0.25, 0.3) is 0 Å². The van der Waals surface area contributed by atoms with Gasteiger partial charge in [-0.2, -0.15) is 0 Å². The summed E-state index contributed by atoms with van der Waals surface area (Å²) >= 11 is 0. The van der Waals surface area contributed by atoms with E-state index in [-0.39, 0.29) is 10.5 Å². The van der Waals surface area contributed by atoms with Crippen molar-refractivity contribution in [2.75, 3.05) is 23.7 Å². The molecule has 0 bridgehead atoms. The third kappa shape index (κ3) is 4.56. The van der Waals surface area contributed by atoms with Crippen molar-refractivity contribution < 1.29 is 4.43 Å². The molecule has 4 nitrogen and oxygen atoms in total. The van der Waals surface area contributed by atoms with Crippen LogP contribution in [0.15, 0.2) is 12.3 Å². The molecule has 0 aromatic carbocycles. The van der Waals surface area contributed by atoms with Crippen molar-refractivity contribution in [3.63, 3.8) is 0 Å². The molecule has 0 aliphatic carbocycles. The molecule has 142 valence electrons. The Morgan fingerprint density at radius 3 is 2.40 bits per heavy atom. The summed E-state index contributed by atoms with van der Waals surface area (Å²) in [5.74, 6) is 0. The summed E-state index contributed by atoms with van der Waals surface area (Å²) in [6.45, 7) is 20.0. The highest BCUT2D eigenvalue weighted by atomic mass is 28.4. The largest absolute Gasteiger partial charge is 0.412 e. The molecule has 0 unspecified atom stereocenters. The van der Waals surface area contributed by atoms with Crippen LogP contribution in [-0.2, 0) is 9.84 Å². The highest BCUT2D eigenvalue weighted by Crippen LogP contribution is 2.39. The van der Waals surface area contributed by atoms with Gasteiger partial charge in [-0.25, -0.2) is 0 Å². The second kappa shape index (κ2) is 6.91. The first-order valence-corrected chi connectivity index (χ1v) is 12.4. The summed E-state index contributed by atoms with van der Waals surface area (Å²) in [5.41, 5.74) is 9.38. The van der Waals surface area contributed by atoms with E-state index in [1.807, 2.05) is 6.20 Å². The molecule has 1 aromatic heterocycles. The van der Waals surface area contributed by atoms with Gasteiger partial charge in [0.15, 0.2) is 8.32 Å². The van der Waals surface area contributed by atoms with E-state index in [2.05, 4.69) is 70.6 Å². The molecule has 0 amide bonds. The van der Waals surface area contributed by atoms with E-state index in [0.717, 1.165) is 43.0 Å². The van der Waals surface area contributed by atoms with Crippen LogP contribution in [0.4, 0.5) is 11.4 Å². The minimum absolute atomic E-state index is 0.0487. The lowest BCUT2D eigenvalue weighted by atomic mass is 9.90. The summed E-state index contributed by atoms with van der Waals surface area (Å²) in [5, 5.41) is 0.240. The standard InChI is InChI=1S/C20H37N3OSi/c1-19(2,3)18-17(21)16(11-12-22-18)23-13-9-10-15(14-23)24-25(7,8)20(4,5)6/h11-12,15H,9-10,13-14,21H2,1-8H3/t15-/m1/s1. The van der Waals surface area contributed by atoms with Crippen molar-refractivity contribution in [1.82, 2.24) is 4.98 Å². The number of pyridine rings is 1. The number of piperidine rings is 1. The average Bonchev–Trinajstić information content (AvgIpc) is 2.44. The molecule has 2 N–H and O–H groups in total. The quantitative estimate of drug-likeness (QED) is 0.772. The third-order valence-electron chi connectivity index (χ3n) is 5.66. The maximum atomic E-state index is 6.67. The number of rotatable bonds is 3. The molecule has 1 fully saturated rings. The van der Waals surface area contributed by atoms with E-state index in [4.69, 9.17) is 10.2 Å². The first-order valence-electron chi connectivity index (χ1n) is 9.50. The van der Waals surface area contributed by atoms with Crippen LogP contribution in [0, 0.1) is 0 Å². The molecule has 0 saturated carbocycles. The molecule has 1 saturated heterocycles. The van der Waals surface area contributed by atoms with E-state index >= 15 is 0 Å². The molecule has 2 heterocycles. The Kier molecular flexibility index (Phi) is 5.60. The topological polar surface area (TPSA) is 51.4 Å². The van der Waals surface area contributed by atoms with Gasteiger partial charge in [-0.15, -0.1) is 0 Å². The van der Waals surface area contributed by atoms with Crippen LogP contribution in [0.2, 0.25) is 18.1 Å². The molecule has 1 aromatic rings. The van der Waals surface area contributed by atoms with Gasteiger partial charge in [-0.05, 0) is 37.0 Å². The van der Waals surface area contributed by atoms with Gasteiger partial charge in [0, 0.05) is 24.7 Å². The van der Waals surface area contributed by atoms with E-state index in [0.29, 0.717) is 6.10 Å². The lowest BCUT2D eigenvalue weighted by Crippen LogP contribution is -2.49. The Morgan fingerprint density at radius 1 is 1.20 bits per heavy atom. The lowest BCUT2D eigenvalue weighted by molar-refractivity contribution is 0.160. The molecule has 1 atom stereocenters. The molecule has 1 aliphatic rings. The van der Waals surface area contributed by atoms with Crippen LogP contribution >= 0.6 is 0 Å². The van der Waals surface area contributed by atoms with Crippen LogP contribution in [-0.4, -0.2) is 32.5 Å². The first-order chi connectivity index (χ1) is 11.3. The zero-order valence-corrected chi connectivity index (χ0v) is 18.4. The van der Waals surface area contributed by atoms with Gasteiger partial charge >= 0.3 is 0 Å². The van der Waals surface area contributed by atoms with Gasteiger partial charge in [0.2, 0.25) is 0 Å². The van der Waals surface area contributed by atoms with Gasteiger partial charge < -0.3 is 15.1 Å². The number of nitrogens with two attached hydrogens (primary N) is 1. The first kappa shape index (κ1) is 20.2. The number of nitrogen functional groups attached to an aromatic ring is 1. The molecular weight excluding hydrogens is 326 g/mol. The third-order valence-corrected chi connectivity index (χ3v) is 10.2. The normalized spacial score (nSPS) is 20.0. The number of hydrogen-bond acceptors (Lipinski definition) is 4. The zero-order valence-electron chi connectivity index (χ0n) is 17.4. The summed E-state index contributed by atoms with van der Waals surface area (Å²) in [4.78, 5) is 6.94. The van der Waals surface area contributed by atoms with Gasteiger partial charge in [-0.3, -0.25) is 4.98 Å². The molecule has 5 heteroatoms. The van der Waals surface area contributed by atoms with Crippen LogP contribution in [0.5, 0.6) is 0 Å². The fourth-order valence-electron chi connectivity index (χ4n) is 3.18. The molecule has 0 radical (unpaired) electrons. The minimum atomic E-state index is -1.75. The van der Waals surface area contributed by atoms with Crippen molar-refractivity contribution in [3.05, 3.63) is 18.0 Å². The maximum Gasteiger partial charge on any atom is 0.192 e. The fourth-order valence-corrected chi connectivity index (χ4v) is 4.56. The summed E-state index contributed by atoms with van der Waals surface area (Å²) in [7, 11) is -1.75. The SMILES string of the molecule is CC(C)(C)c1nccc(N2CCC[C@@H](O[Si](C)(C)C(C)(C)C)C2)c1N. The van der Waals surface area contributed by atoms with Crippen LogP contribution in [0.3, 0.4) is 0 Å². The predicted molar refractivity (Wildman–Crippen MR) is 111 cm³/mol. The predicted octanol–water partition coefficient (Wildman–Crippen LogP) is 4.95. The van der Waals surface area contributed by atoms with Gasteiger partial charge in [0.1, 0.15) is 0 Å². The number of hydrogen-bond donors (Lipinski definition) is 1. The average molecular weight is 364 g/mol. The second-order valence-corrected chi connectivity index (χ2v) is 14.7. The highest BCUT2D eigenvalue weighted by molar-refractivity contribution is 6.74. The summed E-state index contributed by atoms with van der Waals surface area (Å²) in [6, 6.07) is 2.05. The Balaban J connectivity index is 2.20. The van der Waals surface area contributed by atoms with Crippen LogP contribution in [0.25, 0.3) is 0 Å². The summed E-state index contributed by atoms with van der Waals surface area (Å²) in [6.07, 6.45) is 4.47. The number of anilines is 2. The number of nitrogens with zero attached hydrogens (tertiary/aromatic N) is 2. The monoisotopic (exact) mass is 363 g/mol. The van der Waals surface area contributed by atoms with E-state index in [1.165, 1.54) is 0 Å². The van der Waals surface area contributed by atoms with Crippen molar-refractivity contribution in [2.24, 2.45) is 0 Å². The van der Waals surface area contributed by atoms with Crippen LogP contribution < -0.4 is 10.6 Å². The smallest absolute Gasteiger partial charge is 0.192 e. The lowest BCUT2D eigenvalue weighted by Gasteiger charge is -2.43. The van der Waals surface area contributed by atoms with Crippen LogP contribution in [0.1, 0.15) is 60.1 Å². The fraction of sp³-hybridized carbons (Fsp3) is 0.750. The van der Waals surface area contributed by atoms with E-state index in [9.17, 15) is 0 Å². The molecule has 0 spiro atoms. The highest BCUT2D eigenvalue weighted by Gasteiger charge is 2.40. The maximum absolute atomic E-state index is 6.67. The Hall–Kier alpha value is -1.07. The van der Waals surface area contributed by atoms with Gasteiger partial charge in [-0.1, -0.05) is 41.5 Å². The Bertz CT molecular complexity index is 602. The molecular formula is C20H37N3OSi. The molecule has 1 aliphatic heterocycles. The Labute approximate surface area is 155 Å². The molecule has 25 heavy (non-hydrogen) atoms. The summed E-state index contributed by atoms with van der Waals surface area (Å²) < 4.78 is 6.67. The Morgan fingerprint density at radius 2 is 1.84 bits per heavy atom. The van der Waals surface area contributed by atoms with Crippen molar-refractivity contribution in [3.8, 4) is 0 Å². The molecule has 2 rings (SSSR count). The van der Waals surface area contributed by atoms with Crippen molar-refractivity contribution >= 4 is 19.7 Å². The zero-order chi connectivity index (χ0) is 19.0. The van der Waals surface area contributed by atoms with E-state index < -0.39 is 8.32 Å². The minimum Gasteiger partial charge on any atom is -0.412 e. The second-order valence-electron chi connectivity index (χ2n) is 9.93. The number of aromatic nitrogens is 1. The van der Waals surface area contributed by atoms with Crippen molar-refractivity contribution in [2.45, 2.75) is 84.0 Å². The van der Waals surface area contributed by atoms with Gasteiger partial charge in [0.05, 0.1) is 23.2 Å². The van der Waals surface area contributed by atoms with E-state index in [1.54, 1.807) is 0 Å². The van der Waals surface area contributed by atoms with Crippen molar-refractivity contribution in [1.29, 1.82) is 0 Å².